The first-order chi connectivity index (χ1) is 9.87. The van der Waals surface area contributed by atoms with Gasteiger partial charge >= 0.3 is 0 Å². The van der Waals surface area contributed by atoms with E-state index in [1.54, 1.807) is 0 Å². The van der Waals surface area contributed by atoms with Crippen LogP contribution in [0.5, 0.6) is 0 Å². The second-order valence-corrected chi connectivity index (χ2v) is 6.91. The van der Waals surface area contributed by atoms with Crippen LogP contribution >= 0.6 is 0 Å². The number of rotatable bonds is 8. The molecule has 0 fully saturated rings. The molecule has 1 heterocycles. The van der Waals surface area contributed by atoms with Crippen LogP contribution in [0.3, 0.4) is 0 Å². The summed E-state index contributed by atoms with van der Waals surface area (Å²) in [4.78, 5) is 3.51. The number of aromatic nitrogens is 1. The van der Waals surface area contributed by atoms with Gasteiger partial charge in [0.25, 0.3) is 0 Å². The van der Waals surface area contributed by atoms with Crippen LogP contribution in [-0.4, -0.2) is 36.3 Å². The van der Waals surface area contributed by atoms with Gasteiger partial charge < -0.3 is 5.73 Å². The molecule has 1 rings (SSSR count). The average Bonchev–Trinajstić information content (AvgIpc) is 2.48. The number of hydrogen-bond acceptors (Lipinski definition) is 4. The van der Waals surface area contributed by atoms with E-state index < -0.39 is 21.4 Å². The quantitative estimate of drug-likeness (QED) is 0.797. The molecule has 0 saturated carbocycles. The fourth-order valence-corrected chi connectivity index (χ4v) is 4.44. The van der Waals surface area contributed by atoms with Crippen LogP contribution in [0.2, 0.25) is 0 Å². The molecule has 21 heavy (non-hydrogen) atoms. The number of halogens is 1. The maximum Gasteiger partial charge on any atom is 0.245 e. The van der Waals surface area contributed by atoms with E-state index in [0.717, 1.165) is 12.3 Å². The Balaban J connectivity index is 3.39. The monoisotopic (exact) mass is 317 g/mol. The van der Waals surface area contributed by atoms with E-state index in [9.17, 15) is 12.8 Å². The lowest BCUT2D eigenvalue weighted by molar-refractivity contribution is 0.177. The molecule has 7 heteroatoms. The van der Waals surface area contributed by atoms with E-state index >= 15 is 0 Å². The normalized spacial score (nSPS) is 12.9. The predicted octanol–water partition coefficient (Wildman–Crippen LogP) is 2.14. The van der Waals surface area contributed by atoms with Gasteiger partial charge in [-0.25, -0.2) is 12.8 Å². The molecule has 0 saturated heterocycles. The molecular formula is C14H24FN3O2S. The SMILES string of the molecule is CCCN(C(CC)(CC)CN)S(=O)(=O)c1cncc(F)c1. The van der Waals surface area contributed by atoms with Crippen molar-refractivity contribution in [1.29, 1.82) is 0 Å². The Morgan fingerprint density at radius 3 is 2.33 bits per heavy atom. The minimum Gasteiger partial charge on any atom is -0.329 e. The van der Waals surface area contributed by atoms with Crippen molar-refractivity contribution < 1.29 is 12.8 Å². The number of hydrogen-bond donors (Lipinski definition) is 1. The van der Waals surface area contributed by atoms with E-state index in [1.165, 1.54) is 10.5 Å². The highest BCUT2D eigenvalue weighted by Crippen LogP contribution is 2.30. The van der Waals surface area contributed by atoms with E-state index in [4.69, 9.17) is 5.73 Å². The molecule has 0 atom stereocenters. The van der Waals surface area contributed by atoms with Crippen molar-refractivity contribution in [2.45, 2.75) is 50.5 Å². The molecule has 0 bridgehead atoms. The van der Waals surface area contributed by atoms with Crippen LogP contribution in [0.25, 0.3) is 0 Å². The second kappa shape index (κ2) is 7.29. The molecule has 1 aromatic heterocycles. The lowest BCUT2D eigenvalue weighted by Crippen LogP contribution is -2.55. The molecule has 0 aliphatic rings. The Bertz CT molecular complexity index is 551. The largest absolute Gasteiger partial charge is 0.329 e. The van der Waals surface area contributed by atoms with Crippen LogP contribution in [-0.2, 0) is 10.0 Å². The van der Waals surface area contributed by atoms with E-state index in [2.05, 4.69) is 4.98 Å². The van der Waals surface area contributed by atoms with Gasteiger partial charge in [-0.1, -0.05) is 20.8 Å². The van der Waals surface area contributed by atoms with Crippen molar-refractivity contribution in [2.75, 3.05) is 13.1 Å². The minimum absolute atomic E-state index is 0.129. The van der Waals surface area contributed by atoms with Crippen molar-refractivity contribution >= 4 is 10.0 Å². The van der Waals surface area contributed by atoms with Crippen molar-refractivity contribution in [3.8, 4) is 0 Å². The van der Waals surface area contributed by atoms with Crippen LogP contribution in [0, 0.1) is 5.82 Å². The molecule has 0 spiro atoms. The van der Waals surface area contributed by atoms with Crippen LogP contribution in [0.4, 0.5) is 4.39 Å². The zero-order chi connectivity index (χ0) is 16.1. The first-order valence-electron chi connectivity index (χ1n) is 7.21. The summed E-state index contributed by atoms with van der Waals surface area (Å²) in [5, 5.41) is 0. The van der Waals surface area contributed by atoms with Crippen LogP contribution in [0.15, 0.2) is 23.4 Å². The molecule has 0 amide bonds. The van der Waals surface area contributed by atoms with Crippen LogP contribution < -0.4 is 5.73 Å². The van der Waals surface area contributed by atoms with Gasteiger partial charge in [0.05, 0.1) is 6.20 Å². The second-order valence-electron chi connectivity index (χ2n) is 5.05. The summed E-state index contributed by atoms with van der Waals surface area (Å²) in [6, 6.07) is 0.998. The van der Waals surface area contributed by atoms with Gasteiger partial charge in [-0.05, 0) is 25.3 Å². The smallest absolute Gasteiger partial charge is 0.245 e. The fourth-order valence-electron chi connectivity index (χ4n) is 2.47. The maximum atomic E-state index is 13.3. The third kappa shape index (κ3) is 3.59. The summed E-state index contributed by atoms with van der Waals surface area (Å²) >= 11 is 0. The molecule has 0 aliphatic heterocycles. The topological polar surface area (TPSA) is 76.3 Å². The first kappa shape index (κ1) is 18.0. The van der Waals surface area contributed by atoms with Crippen molar-refractivity contribution in [3.05, 3.63) is 24.3 Å². The molecule has 5 nitrogen and oxygen atoms in total. The Morgan fingerprint density at radius 2 is 1.90 bits per heavy atom. The average molecular weight is 317 g/mol. The molecule has 1 aromatic rings. The van der Waals surface area contributed by atoms with Crippen LogP contribution in [0.1, 0.15) is 40.0 Å². The molecule has 120 valence electrons. The van der Waals surface area contributed by atoms with Gasteiger partial charge in [0.15, 0.2) is 0 Å². The zero-order valence-corrected chi connectivity index (χ0v) is 13.7. The Hall–Kier alpha value is -1.05. The highest BCUT2D eigenvalue weighted by Gasteiger charge is 2.40. The summed E-state index contributed by atoms with van der Waals surface area (Å²) in [7, 11) is -3.83. The lowest BCUT2D eigenvalue weighted by Gasteiger charge is -2.41. The van der Waals surface area contributed by atoms with Crippen molar-refractivity contribution in [3.63, 3.8) is 0 Å². The predicted molar refractivity (Wildman–Crippen MR) is 80.7 cm³/mol. The summed E-state index contributed by atoms with van der Waals surface area (Å²) in [6.45, 7) is 6.30. The van der Waals surface area contributed by atoms with Gasteiger partial charge in [0.2, 0.25) is 10.0 Å². The van der Waals surface area contributed by atoms with Gasteiger partial charge in [0.1, 0.15) is 10.7 Å². The third-order valence-corrected chi connectivity index (χ3v) is 5.89. The van der Waals surface area contributed by atoms with Gasteiger partial charge in [0, 0.05) is 24.8 Å². The van der Waals surface area contributed by atoms with Gasteiger partial charge in [-0.3, -0.25) is 4.98 Å². The molecule has 0 unspecified atom stereocenters. The van der Waals surface area contributed by atoms with Gasteiger partial charge in [-0.15, -0.1) is 0 Å². The lowest BCUT2D eigenvalue weighted by atomic mass is 9.93. The molecule has 2 N–H and O–H groups in total. The molecule has 0 aliphatic carbocycles. The highest BCUT2D eigenvalue weighted by molar-refractivity contribution is 7.89. The van der Waals surface area contributed by atoms with E-state index in [-0.39, 0.29) is 11.4 Å². The standard InChI is InChI=1S/C14H24FN3O2S/c1-4-7-18(14(5-2,6-3)11-16)21(19,20)13-8-12(15)9-17-10-13/h8-10H,4-7,11,16H2,1-3H3. The Kier molecular flexibility index (Phi) is 6.24. The fraction of sp³-hybridized carbons (Fsp3) is 0.643. The maximum absolute atomic E-state index is 13.3. The van der Waals surface area contributed by atoms with Crippen molar-refractivity contribution in [2.24, 2.45) is 5.73 Å². The summed E-state index contributed by atoms with van der Waals surface area (Å²) in [6.07, 6.45) is 4.01. The number of pyridine rings is 1. The highest BCUT2D eigenvalue weighted by atomic mass is 32.2. The minimum atomic E-state index is -3.83. The summed E-state index contributed by atoms with van der Waals surface area (Å²) < 4.78 is 40.5. The molecule has 0 aromatic carbocycles. The zero-order valence-electron chi connectivity index (χ0n) is 12.8. The van der Waals surface area contributed by atoms with Gasteiger partial charge in [-0.2, -0.15) is 4.31 Å². The van der Waals surface area contributed by atoms with Crippen molar-refractivity contribution in [1.82, 2.24) is 9.29 Å². The first-order valence-corrected chi connectivity index (χ1v) is 8.65. The molecule has 0 radical (unpaired) electrons. The Labute approximate surface area is 126 Å². The third-order valence-electron chi connectivity index (χ3n) is 3.92. The summed E-state index contributed by atoms with van der Waals surface area (Å²) in [5.74, 6) is -0.668. The molecular weight excluding hydrogens is 293 g/mol. The van der Waals surface area contributed by atoms with E-state index in [0.29, 0.717) is 25.8 Å². The van der Waals surface area contributed by atoms with E-state index in [1.807, 2.05) is 20.8 Å². The number of nitrogens with two attached hydrogens (primary N) is 1. The number of nitrogens with zero attached hydrogens (tertiary/aromatic N) is 2. The number of sulfonamides is 1. The Morgan fingerprint density at radius 1 is 1.29 bits per heavy atom. The summed E-state index contributed by atoms with van der Waals surface area (Å²) in [5.41, 5.74) is 5.22.